The molecular formula is C18H28NO4P. The summed E-state index contributed by atoms with van der Waals surface area (Å²) in [6.45, 7) is 0. The average molecular weight is 353 g/mol. The highest BCUT2D eigenvalue weighted by Gasteiger charge is 2.31. The maximum atomic E-state index is 11.4. The number of rotatable bonds is 5. The topological polar surface area (TPSA) is 70.0 Å². The molecule has 0 heterocycles. The van der Waals surface area contributed by atoms with Crippen LogP contribution in [0.4, 0.5) is 5.69 Å². The lowest BCUT2D eigenvalue weighted by atomic mass is 9.88. The summed E-state index contributed by atoms with van der Waals surface area (Å²) in [7, 11) is -4.56. The molecule has 24 heavy (non-hydrogen) atoms. The second-order valence-electron chi connectivity index (χ2n) is 7.04. The molecule has 134 valence electrons. The van der Waals surface area contributed by atoms with E-state index in [9.17, 15) is 14.4 Å². The minimum absolute atomic E-state index is 0.307. The van der Waals surface area contributed by atoms with Gasteiger partial charge in [-0.25, -0.2) is 4.57 Å². The van der Waals surface area contributed by atoms with Gasteiger partial charge in [0.2, 0.25) is 0 Å². The molecule has 2 N–H and O–H groups in total. The summed E-state index contributed by atoms with van der Waals surface area (Å²) in [5.74, 6) is 0.307. The number of nitrogens with zero attached hydrogens (tertiary/aromatic N) is 1. The van der Waals surface area contributed by atoms with Crippen molar-refractivity contribution >= 4 is 13.5 Å². The number of phosphoric ester groups is 1. The molecule has 5 nitrogen and oxygen atoms in total. The summed E-state index contributed by atoms with van der Waals surface area (Å²) in [6.07, 6.45) is 12.1. The van der Waals surface area contributed by atoms with Gasteiger partial charge < -0.3 is 9.42 Å². The van der Waals surface area contributed by atoms with Gasteiger partial charge in [-0.15, -0.1) is 0 Å². The third-order valence-corrected chi connectivity index (χ3v) is 5.73. The maximum Gasteiger partial charge on any atom is 0.524 e. The van der Waals surface area contributed by atoms with Crippen LogP contribution in [0.2, 0.25) is 0 Å². The van der Waals surface area contributed by atoms with Crippen molar-refractivity contribution in [2.75, 3.05) is 4.90 Å². The van der Waals surface area contributed by atoms with Gasteiger partial charge in [0.05, 0.1) is 5.69 Å². The molecule has 0 radical (unpaired) electrons. The van der Waals surface area contributed by atoms with Crippen LogP contribution in [-0.4, -0.2) is 21.9 Å². The predicted octanol–water partition coefficient (Wildman–Crippen LogP) is 4.63. The van der Waals surface area contributed by atoms with E-state index in [0.29, 0.717) is 17.8 Å². The van der Waals surface area contributed by atoms with Gasteiger partial charge in [0.15, 0.2) is 5.75 Å². The molecule has 0 saturated heterocycles. The predicted molar refractivity (Wildman–Crippen MR) is 95.3 cm³/mol. The molecule has 0 aliphatic heterocycles. The first-order chi connectivity index (χ1) is 11.5. The zero-order valence-corrected chi connectivity index (χ0v) is 15.0. The number of para-hydroxylation sites is 2. The number of hydrogen-bond acceptors (Lipinski definition) is 3. The summed E-state index contributed by atoms with van der Waals surface area (Å²) in [4.78, 5) is 21.0. The van der Waals surface area contributed by atoms with E-state index >= 15 is 0 Å². The Balaban J connectivity index is 1.93. The lowest BCUT2D eigenvalue weighted by Gasteiger charge is -2.44. The molecule has 2 aliphatic carbocycles. The highest BCUT2D eigenvalue weighted by Crippen LogP contribution is 2.45. The first kappa shape index (κ1) is 17.8. The second kappa shape index (κ2) is 7.90. The van der Waals surface area contributed by atoms with Crippen LogP contribution in [0.5, 0.6) is 5.75 Å². The van der Waals surface area contributed by atoms with Crippen molar-refractivity contribution in [3.63, 3.8) is 0 Å². The Hall–Kier alpha value is -1.03. The molecule has 0 amide bonds. The maximum absolute atomic E-state index is 11.4. The van der Waals surface area contributed by atoms with E-state index < -0.39 is 7.82 Å². The molecular weight excluding hydrogens is 325 g/mol. The van der Waals surface area contributed by atoms with Crippen molar-refractivity contribution < 1.29 is 18.9 Å². The lowest BCUT2D eigenvalue weighted by molar-refractivity contribution is 0.281. The Morgan fingerprint density at radius 1 is 0.875 bits per heavy atom. The Labute approximate surface area is 144 Å². The van der Waals surface area contributed by atoms with Crippen molar-refractivity contribution in [3.8, 4) is 5.75 Å². The first-order valence-electron chi connectivity index (χ1n) is 9.17. The lowest BCUT2D eigenvalue weighted by Crippen LogP contribution is -2.45. The first-order valence-corrected chi connectivity index (χ1v) is 10.7. The van der Waals surface area contributed by atoms with Crippen molar-refractivity contribution in [3.05, 3.63) is 24.3 Å². The fraction of sp³-hybridized carbons (Fsp3) is 0.667. The molecule has 0 aromatic heterocycles. The molecule has 3 rings (SSSR count). The Morgan fingerprint density at radius 2 is 1.38 bits per heavy atom. The van der Waals surface area contributed by atoms with Crippen LogP contribution < -0.4 is 9.42 Å². The van der Waals surface area contributed by atoms with Crippen LogP contribution >= 0.6 is 7.82 Å². The molecule has 2 fully saturated rings. The minimum Gasteiger partial charge on any atom is -0.402 e. The summed E-state index contributed by atoms with van der Waals surface area (Å²) < 4.78 is 16.4. The Bertz CT molecular complexity index is 558. The number of hydrogen-bond donors (Lipinski definition) is 2. The molecule has 1 aromatic rings. The van der Waals surface area contributed by atoms with Gasteiger partial charge >= 0.3 is 7.82 Å². The standard InChI is InChI=1S/C18H28NO4P/c20-24(21,22)23-18-14-8-7-13-17(18)19(15-9-3-1-4-10-15)16-11-5-2-6-12-16/h7-8,13-16H,1-6,9-12H2,(H2,20,21,22). The third-order valence-electron chi connectivity index (χ3n) is 5.30. The quantitative estimate of drug-likeness (QED) is 0.755. The molecule has 2 aliphatic rings. The smallest absolute Gasteiger partial charge is 0.402 e. The van der Waals surface area contributed by atoms with Gasteiger partial charge in [0.1, 0.15) is 0 Å². The van der Waals surface area contributed by atoms with Gasteiger partial charge in [-0.2, -0.15) is 0 Å². The fourth-order valence-corrected chi connectivity index (χ4v) is 4.70. The highest BCUT2D eigenvalue weighted by molar-refractivity contribution is 7.46. The van der Waals surface area contributed by atoms with Crippen molar-refractivity contribution in [2.24, 2.45) is 0 Å². The summed E-state index contributed by atoms with van der Waals surface area (Å²) in [5, 5.41) is 0. The normalized spacial score (nSPS) is 20.8. The van der Waals surface area contributed by atoms with E-state index in [4.69, 9.17) is 4.52 Å². The minimum atomic E-state index is -4.56. The highest BCUT2D eigenvalue weighted by atomic mass is 31.2. The van der Waals surface area contributed by atoms with Gasteiger partial charge in [0.25, 0.3) is 0 Å². The van der Waals surface area contributed by atoms with Gasteiger partial charge in [-0.3, -0.25) is 9.79 Å². The molecule has 0 bridgehead atoms. The summed E-state index contributed by atoms with van der Waals surface area (Å²) in [5.41, 5.74) is 0.847. The zero-order valence-electron chi connectivity index (χ0n) is 14.1. The van der Waals surface area contributed by atoms with E-state index in [0.717, 1.165) is 31.4 Å². The van der Waals surface area contributed by atoms with Crippen LogP contribution in [0.1, 0.15) is 64.2 Å². The van der Waals surface area contributed by atoms with E-state index in [-0.39, 0.29) is 0 Å². The van der Waals surface area contributed by atoms with Crippen LogP contribution in [0.25, 0.3) is 0 Å². The van der Waals surface area contributed by atoms with E-state index in [2.05, 4.69) is 4.90 Å². The molecule has 1 aromatic carbocycles. The second-order valence-corrected chi connectivity index (χ2v) is 8.20. The summed E-state index contributed by atoms with van der Waals surface area (Å²) in [6, 6.07) is 8.22. The van der Waals surface area contributed by atoms with E-state index in [1.807, 2.05) is 12.1 Å². The van der Waals surface area contributed by atoms with Gasteiger partial charge in [0, 0.05) is 12.1 Å². The number of benzene rings is 1. The molecule has 0 unspecified atom stereocenters. The monoisotopic (exact) mass is 353 g/mol. The third kappa shape index (κ3) is 4.53. The molecule has 0 spiro atoms. The van der Waals surface area contributed by atoms with Crippen LogP contribution in [-0.2, 0) is 4.57 Å². The van der Waals surface area contributed by atoms with E-state index in [1.54, 1.807) is 12.1 Å². The van der Waals surface area contributed by atoms with Crippen LogP contribution in [0.3, 0.4) is 0 Å². The largest absolute Gasteiger partial charge is 0.524 e. The van der Waals surface area contributed by atoms with Crippen molar-refractivity contribution in [2.45, 2.75) is 76.3 Å². The van der Waals surface area contributed by atoms with Crippen molar-refractivity contribution in [1.29, 1.82) is 0 Å². The average Bonchev–Trinajstić information content (AvgIpc) is 2.57. The van der Waals surface area contributed by atoms with Crippen LogP contribution in [0, 0.1) is 0 Å². The summed E-state index contributed by atoms with van der Waals surface area (Å²) >= 11 is 0. The molecule has 2 saturated carbocycles. The van der Waals surface area contributed by atoms with Crippen molar-refractivity contribution in [1.82, 2.24) is 0 Å². The van der Waals surface area contributed by atoms with Gasteiger partial charge in [-0.1, -0.05) is 50.7 Å². The fourth-order valence-electron chi connectivity index (χ4n) is 4.29. The SMILES string of the molecule is O=P(O)(O)Oc1ccccc1N(C1CCCCC1)C1CCCCC1. The number of anilines is 1. The molecule has 0 atom stereocenters. The van der Waals surface area contributed by atoms with Crippen LogP contribution in [0.15, 0.2) is 24.3 Å². The van der Waals surface area contributed by atoms with E-state index in [1.165, 1.54) is 38.5 Å². The zero-order chi connectivity index (χ0) is 17.0. The molecule has 6 heteroatoms. The Morgan fingerprint density at radius 3 is 1.88 bits per heavy atom. The van der Waals surface area contributed by atoms with Gasteiger partial charge in [-0.05, 0) is 37.8 Å². The Kier molecular flexibility index (Phi) is 5.85. The number of phosphoric acid groups is 1.